The van der Waals surface area contributed by atoms with Crippen molar-refractivity contribution in [1.29, 1.82) is 0 Å². The summed E-state index contributed by atoms with van der Waals surface area (Å²) in [6.45, 7) is 1.13. The van der Waals surface area contributed by atoms with Crippen molar-refractivity contribution < 1.29 is 19.7 Å². The minimum Gasteiger partial charge on any atom is -0.493 e. The van der Waals surface area contributed by atoms with Gasteiger partial charge in [0.25, 0.3) is 0 Å². The second-order valence-corrected chi connectivity index (χ2v) is 11.2. The molecule has 2 heterocycles. The van der Waals surface area contributed by atoms with Gasteiger partial charge in [0, 0.05) is 17.7 Å². The third-order valence-electron chi connectivity index (χ3n) is 8.61. The van der Waals surface area contributed by atoms with E-state index < -0.39 is 0 Å². The van der Waals surface area contributed by atoms with Crippen LogP contribution in [0.1, 0.15) is 22.3 Å². The van der Waals surface area contributed by atoms with Gasteiger partial charge in [0.1, 0.15) is 5.84 Å². The zero-order valence-corrected chi connectivity index (χ0v) is 25.3. The summed E-state index contributed by atoms with van der Waals surface area (Å²) in [5.41, 5.74) is 11.7. The molecule has 0 fully saturated rings. The third kappa shape index (κ3) is 5.18. The lowest BCUT2D eigenvalue weighted by atomic mass is 9.89. The fraction of sp³-hybridized carbons (Fsp3) is 0.154. The number of benzene rings is 5. The molecule has 0 atom stereocenters. The van der Waals surface area contributed by atoms with E-state index in [1.807, 2.05) is 30.3 Å². The number of fused-ring (bicyclic) bond motifs is 3. The molecule has 224 valence electrons. The van der Waals surface area contributed by atoms with Gasteiger partial charge in [-0.3, -0.25) is 4.99 Å². The van der Waals surface area contributed by atoms with Crippen LogP contribution in [0.4, 0.5) is 5.69 Å². The summed E-state index contributed by atoms with van der Waals surface area (Å²) in [5, 5.41) is 20.0. The number of nitrogens with zero attached hydrogens (tertiary/aromatic N) is 2. The first-order valence-electron chi connectivity index (χ1n) is 15.1. The molecule has 45 heavy (non-hydrogen) atoms. The first kappa shape index (κ1) is 28.6. The topological polar surface area (TPSA) is 74.5 Å². The van der Waals surface area contributed by atoms with E-state index in [2.05, 4.69) is 83.8 Å². The average molecular weight is 595 g/mol. The number of ether oxygens (including phenoxy) is 2. The van der Waals surface area contributed by atoms with E-state index in [1.54, 1.807) is 14.2 Å². The van der Waals surface area contributed by atoms with Crippen molar-refractivity contribution >= 4 is 23.2 Å². The van der Waals surface area contributed by atoms with Crippen molar-refractivity contribution in [2.45, 2.75) is 13.2 Å². The van der Waals surface area contributed by atoms with Gasteiger partial charge in [-0.15, -0.1) is 0 Å². The van der Waals surface area contributed by atoms with Crippen molar-refractivity contribution in [3.63, 3.8) is 0 Å². The van der Waals surface area contributed by atoms with Crippen molar-refractivity contribution in [2.75, 3.05) is 32.2 Å². The number of aliphatic hydroxyl groups excluding tert-OH is 2. The number of hydrogen-bond acceptors (Lipinski definition) is 6. The van der Waals surface area contributed by atoms with Crippen LogP contribution in [0.15, 0.2) is 108 Å². The van der Waals surface area contributed by atoms with Gasteiger partial charge in [0.15, 0.2) is 11.5 Å². The molecule has 0 aromatic heterocycles. The molecule has 0 amide bonds. The summed E-state index contributed by atoms with van der Waals surface area (Å²) in [6.07, 6.45) is 2.12. The first-order chi connectivity index (χ1) is 22.1. The lowest BCUT2D eigenvalue weighted by Gasteiger charge is -2.30. The van der Waals surface area contributed by atoms with E-state index in [4.69, 9.17) is 14.5 Å². The molecule has 2 aliphatic rings. The number of anilines is 1. The number of aliphatic imine (C=N–C) groups is 1. The maximum absolute atomic E-state index is 10.0. The molecule has 0 saturated carbocycles. The van der Waals surface area contributed by atoms with Gasteiger partial charge in [-0.2, -0.15) is 0 Å². The Bertz CT molecular complexity index is 1890. The van der Waals surface area contributed by atoms with Crippen LogP contribution < -0.4 is 14.4 Å². The fourth-order valence-electron chi connectivity index (χ4n) is 6.40. The van der Waals surface area contributed by atoms with Gasteiger partial charge >= 0.3 is 0 Å². The standard InChI is InChI=1S/C39H34N2O4/c1-44-37-22-30(35-20-31-18-32(23-42)33(24-43)21-36(31)41-14-13-40-39(35)41)19-34(38(37)45-2)29-16-27(25-9-5-3-6-10-25)15-28(17-29)26-11-7-4-8-12-26/h3-12,15-22,42-43H,13-14,23-24H2,1-2H3. The quantitative estimate of drug-likeness (QED) is 0.195. The summed E-state index contributed by atoms with van der Waals surface area (Å²) in [7, 11) is 3.34. The van der Waals surface area contributed by atoms with Gasteiger partial charge < -0.3 is 24.6 Å². The van der Waals surface area contributed by atoms with Crippen LogP contribution in [0, 0.1) is 0 Å². The van der Waals surface area contributed by atoms with E-state index in [-0.39, 0.29) is 13.2 Å². The van der Waals surface area contributed by atoms with Gasteiger partial charge in [-0.05, 0) is 98.6 Å². The predicted molar refractivity (Wildman–Crippen MR) is 182 cm³/mol. The van der Waals surface area contributed by atoms with E-state index >= 15 is 0 Å². The Labute approximate surface area is 263 Å². The lowest BCUT2D eigenvalue weighted by molar-refractivity contribution is 0.260. The Balaban J connectivity index is 1.45. The Morgan fingerprint density at radius 3 is 1.89 bits per heavy atom. The minimum absolute atomic E-state index is 0.133. The molecule has 5 aromatic rings. The second kappa shape index (κ2) is 12.1. The highest BCUT2D eigenvalue weighted by Gasteiger charge is 2.31. The summed E-state index contributed by atoms with van der Waals surface area (Å²) in [6, 6.07) is 35.5. The smallest absolute Gasteiger partial charge is 0.168 e. The summed E-state index contributed by atoms with van der Waals surface area (Å²) in [4.78, 5) is 7.11. The maximum Gasteiger partial charge on any atom is 0.168 e. The molecule has 2 aliphatic heterocycles. The normalized spacial score (nSPS) is 13.6. The van der Waals surface area contributed by atoms with Crippen LogP contribution in [0.25, 0.3) is 45.0 Å². The van der Waals surface area contributed by atoms with Crippen LogP contribution in [0.5, 0.6) is 11.5 Å². The van der Waals surface area contributed by atoms with Crippen LogP contribution >= 0.6 is 0 Å². The van der Waals surface area contributed by atoms with Crippen molar-refractivity contribution in [3.05, 3.63) is 125 Å². The summed E-state index contributed by atoms with van der Waals surface area (Å²) >= 11 is 0. The summed E-state index contributed by atoms with van der Waals surface area (Å²) < 4.78 is 12.0. The van der Waals surface area contributed by atoms with Gasteiger partial charge in [-0.1, -0.05) is 60.7 Å². The van der Waals surface area contributed by atoms with Crippen LogP contribution in [0.3, 0.4) is 0 Å². The van der Waals surface area contributed by atoms with Gasteiger partial charge in [0.05, 0.1) is 39.7 Å². The summed E-state index contributed by atoms with van der Waals surface area (Å²) in [5.74, 6) is 2.16. The van der Waals surface area contributed by atoms with E-state index in [9.17, 15) is 10.2 Å². The van der Waals surface area contributed by atoms with Crippen LogP contribution in [0.2, 0.25) is 0 Å². The molecule has 0 aliphatic carbocycles. The van der Waals surface area contributed by atoms with Crippen molar-refractivity contribution in [2.24, 2.45) is 4.99 Å². The largest absolute Gasteiger partial charge is 0.493 e. The molecular weight excluding hydrogens is 560 g/mol. The maximum atomic E-state index is 10.0. The first-order valence-corrected chi connectivity index (χ1v) is 15.1. The number of methoxy groups -OCH3 is 2. The fourth-order valence-corrected chi connectivity index (χ4v) is 6.40. The molecule has 6 nitrogen and oxygen atoms in total. The van der Waals surface area contributed by atoms with Gasteiger partial charge in [0.2, 0.25) is 0 Å². The number of hydrogen-bond donors (Lipinski definition) is 2. The van der Waals surface area contributed by atoms with Crippen LogP contribution in [-0.2, 0) is 13.2 Å². The average Bonchev–Trinajstić information content (AvgIpc) is 3.61. The van der Waals surface area contributed by atoms with Gasteiger partial charge in [-0.25, -0.2) is 0 Å². The van der Waals surface area contributed by atoms with Crippen molar-refractivity contribution in [3.8, 4) is 44.9 Å². The molecule has 2 N–H and O–H groups in total. The molecule has 0 unspecified atom stereocenters. The van der Waals surface area contributed by atoms with Crippen LogP contribution in [-0.4, -0.2) is 43.4 Å². The Kier molecular flexibility index (Phi) is 7.67. The Morgan fingerprint density at radius 1 is 0.667 bits per heavy atom. The molecule has 5 aromatic carbocycles. The van der Waals surface area contributed by atoms with Crippen molar-refractivity contribution in [1.82, 2.24) is 0 Å². The minimum atomic E-state index is -0.144. The van der Waals surface area contributed by atoms with E-state index in [0.29, 0.717) is 23.6 Å². The number of rotatable bonds is 8. The number of amidine groups is 1. The third-order valence-corrected chi connectivity index (χ3v) is 8.61. The highest BCUT2D eigenvalue weighted by Crippen LogP contribution is 2.45. The molecule has 6 heteroatoms. The zero-order chi connectivity index (χ0) is 30.9. The molecule has 7 rings (SSSR count). The lowest BCUT2D eigenvalue weighted by Crippen LogP contribution is -2.31. The molecule has 0 spiro atoms. The Morgan fingerprint density at radius 2 is 1.29 bits per heavy atom. The van der Waals surface area contributed by atoms with E-state index in [0.717, 1.165) is 73.7 Å². The SMILES string of the molecule is COc1cc(C2=Cc3cc(CO)c(CO)cc3N3CCN=C23)cc(-c2cc(-c3ccccc3)cc(-c3ccccc3)c2)c1OC. The molecule has 0 bridgehead atoms. The highest BCUT2D eigenvalue weighted by molar-refractivity contribution is 6.36. The second-order valence-electron chi connectivity index (χ2n) is 11.2. The zero-order valence-electron chi connectivity index (χ0n) is 25.3. The monoisotopic (exact) mass is 594 g/mol. The van der Waals surface area contributed by atoms with E-state index in [1.165, 1.54) is 0 Å². The molecule has 0 saturated heterocycles. The predicted octanol–water partition coefficient (Wildman–Crippen LogP) is 7.46. The number of aliphatic hydroxyl groups is 2. The molecular formula is C39H34N2O4. The Hall–Kier alpha value is -5.17. The highest BCUT2D eigenvalue weighted by atomic mass is 16.5. The molecule has 0 radical (unpaired) electrons.